The summed E-state index contributed by atoms with van der Waals surface area (Å²) in [6.07, 6.45) is 0.956. The van der Waals surface area contributed by atoms with Gasteiger partial charge in [0.25, 0.3) is 14.2 Å². The molecule has 1 aromatic carbocycles. The smallest absolute Gasteiger partial charge is 0.296 e. The van der Waals surface area contributed by atoms with Crippen molar-refractivity contribution in [3.05, 3.63) is 41.7 Å². The van der Waals surface area contributed by atoms with Crippen LogP contribution in [-0.2, 0) is 9.05 Å². The SMILES string of the molecule is CC(C)n1c(C2CC2c2ccccc2)nnc1S(=O)(=O)Cl. The average Bonchev–Trinajstić information content (AvgIpc) is 3.08. The van der Waals surface area contributed by atoms with Gasteiger partial charge in [-0.15, -0.1) is 10.2 Å². The van der Waals surface area contributed by atoms with Crippen molar-refractivity contribution in [3.63, 3.8) is 0 Å². The summed E-state index contributed by atoms with van der Waals surface area (Å²) in [7, 11) is 1.56. The van der Waals surface area contributed by atoms with Crippen molar-refractivity contribution in [2.24, 2.45) is 0 Å². The van der Waals surface area contributed by atoms with Gasteiger partial charge in [0.1, 0.15) is 5.82 Å². The minimum atomic E-state index is -3.88. The molecule has 1 fully saturated rings. The van der Waals surface area contributed by atoms with Gasteiger partial charge >= 0.3 is 0 Å². The molecule has 1 aliphatic rings. The molecule has 1 saturated carbocycles. The third-order valence-electron chi connectivity index (χ3n) is 3.78. The lowest BCUT2D eigenvalue weighted by molar-refractivity contribution is 0.508. The van der Waals surface area contributed by atoms with Crippen LogP contribution >= 0.6 is 10.7 Å². The summed E-state index contributed by atoms with van der Waals surface area (Å²) in [6.45, 7) is 3.80. The van der Waals surface area contributed by atoms with Gasteiger partial charge in [-0.05, 0) is 31.7 Å². The fraction of sp³-hybridized carbons (Fsp3) is 0.429. The lowest BCUT2D eigenvalue weighted by Gasteiger charge is -2.12. The molecule has 0 N–H and O–H groups in total. The maximum Gasteiger partial charge on any atom is 0.296 e. The van der Waals surface area contributed by atoms with Gasteiger partial charge < -0.3 is 0 Å². The molecular formula is C14H16ClN3O2S. The minimum Gasteiger partial charge on any atom is -0.298 e. The zero-order valence-electron chi connectivity index (χ0n) is 11.8. The van der Waals surface area contributed by atoms with E-state index < -0.39 is 9.05 Å². The van der Waals surface area contributed by atoms with Crippen LogP contribution in [0.15, 0.2) is 35.5 Å². The monoisotopic (exact) mass is 325 g/mol. The van der Waals surface area contributed by atoms with Crippen molar-refractivity contribution < 1.29 is 8.42 Å². The summed E-state index contributed by atoms with van der Waals surface area (Å²) in [5.41, 5.74) is 1.25. The van der Waals surface area contributed by atoms with E-state index in [2.05, 4.69) is 22.3 Å². The molecule has 0 aliphatic heterocycles. The number of hydrogen-bond donors (Lipinski definition) is 0. The maximum absolute atomic E-state index is 11.6. The molecule has 0 amide bonds. The molecule has 112 valence electrons. The van der Waals surface area contributed by atoms with Crippen molar-refractivity contribution in [1.82, 2.24) is 14.8 Å². The number of benzene rings is 1. The molecular weight excluding hydrogens is 310 g/mol. The molecule has 5 nitrogen and oxygen atoms in total. The molecule has 0 bridgehead atoms. The van der Waals surface area contributed by atoms with Gasteiger partial charge in [-0.1, -0.05) is 30.3 Å². The summed E-state index contributed by atoms with van der Waals surface area (Å²) in [4.78, 5) is 0. The number of hydrogen-bond acceptors (Lipinski definition) is 4. The molecule has 2 atom stereocenters. The Morgan fingerprint density at radius 2 is 1.86 bits per heavy atom. The van der Waals surface area contributed by atoms with Gasteiger partial charge in [-0.2, -0.15) is 0 Å². The molecule has 0 saturated heterocycles. The minimum absolute atomic E-state index is 0.0597. The summed E-state index contributed by atoms with van der Waals surface area (Å²) < 4.78 is 24.9. The third-order valence-corrected chi connectivity index (χ3v) is 4.90. The van der Waals surface area contributed by atoms with Crippen molar-refractivity contribution in [2.45, 2.75) is 43.3 Å². The van der Waals surface area contributed by atoms with E-state index in [1.807, 2.05) is 32.0 Å². The fourth-order valence-electron chi connectivity index (χ4n) is 2.74. The van der Waals surface area contributed by atoms with E-state index in [0.29, 0.717) is 11.7 Å². The number of halogens is 1. The zero-order valence-corrected chi connectivity index (χ0v) is 13.3. The van der Waals surface area contributed by atoms with E-state index in [1.54, 1.807) is 4.57 Å². The first-order valence-electron chi connectivity index (χ1n) is 6.84. The summed E-state index contributed by atoms with van der Waals surface area (Å²) in [5, 5.41) is 7.72. The van der Waals surface area contributed by atoms with Gasteiger partial charge in [0.2, 0.25) is 0 Å². The van der Waals surface area contributed by atoms with Crippen LogP contribution in [0.25, 0.3) is 0 Å². The van der Waals surface area contributed by atoms with Crippen LogP contribution in [0.5, 0.6) is 0 Å². The topological polar surface area (TPSA) is 64.8 Å². The van der Waals surface area contributed by atoms with Gasteiger partial charge in [0.05, 0.1) is 0 Å². The van der Waals surface area contributed by atoms with Gasteiger partial charge in [-0.25, -0.2) is 8.42 Å². The van der Waals surface area contributed by atoms with Crippen molar-refractivity contribution in [2.75, 3.05) is 0 Å². The summed E-state index contributed by atoms with van der Waals surface area (Å²) in [6, 6.07) is 10.1. The molecule has 0 spiro atoms. The Bertz CT molecular complexity index is 756. The molecule has 1 aliphatic carbocycles. The maximum atomic E-state index is 11.6. The van der Waals surface area contributed by atoms with E-state index in [-0.39, 0.29) is 17.1 Å². The molecule has 1 aromatic heterocycles. The Labute approximate surface area is 128 Å². The van der Waals surface area contributed by atoms with Crippen LogP contribution in [0.4, 0.5) is 0 Å². The van der Waals surface area contributed by atoms with E-state index in [4.69, 9.17) is 10.7 Å². The van der Waals surface area contributed by atoms with Crippen LogP contribution in [0.2, 0.25) is 0 Å². The lowest BCUT2D eigenvalue weighted by atomic mass is 10.1. The van der Waals surface area contributed by atoms with E-state index in [1.165, 1.54) is 5.56 Å². The normalized spacial score (nSPS) is 21.7. The number of nitrogens with zero attached hydrogens (tertiary/aromatic N) is 3. The predicted octanol–water partition coefficient (Wildman–Crippen LogP) is 3.06. The highest BCUT2D eigenvalue weighted by atomic mass is 35.7. The van der Waals surface area contributed by atoms with Crippen LogP contribution in [0, 0.1) is 0 Å². The van der Waals surface area contributed by atoms with Crippen molar-refractivity contribution in [3.8, 4) is 0 Å². The first-order valence-corrected chi connectivity index (χ1v) is 9.15. The third kappa shape index (κ3) is 2.70. The Morgan fingerprint density at radius 3 is 2.43 bits per heavy atom. The molecule has 21 heavy (non-hydrogen) atoms. The highest BCUT2D eigenvalue weighted by molar-refractivity contribution is 8.13. The van der Waals surface area contributed by atoms with Crippen LogP contribution in [0.1, 0.15) is 49.5 Å². The van der Waals surface area contributed by atoms with E-state index in [9.17, 15) is 8.42 Å². The molecule has 0 radical (unpaired) electrons. The van der Waals surface area contributed by atoms with Gasteiger partial charge in [-0.3, -0.25) is 4.57 Å². The number of rotatable bonds is 4. The van der Waals surface area contributed by atoms with Crippen LogP contribution in [0.3, 0.4) is 0 Å². The molecule has 7 heteroatoms. The standard InChI is InChI=1S/C14H16ClN3O2S/c1-9(2)18-13(16-17-14(18)21(15,19)20)12-8-11(12)10-6-4-3-5-7-10/h3-7,9,11-12H,8H2,1-2H3. The second kappa shape index (κ2) is 5.10. The molecule has 1 heterocycles. The second-order valence-corrected chi connectivity index (χ2v) is 8.06. The second-order valence-electron chi connectivity index (χ2n) is 5.60. The molecule has 2 unspecified atom stereocenters. The van der Waals surface area contributed by atoms with Crippen molar-refractivity contribution in [1.29, 1.82) is 0 Å². The van der Waals surface area contributed by atoms with Gasteiger partial charge in [0, 0.05) is 22.6 Å². The number of aromatic nitrogens is 3. The Hall–Kier alpha value is -1.40. The Morgan fingerprint density at radius 1 is 1.19 bits per heavy atom. The average molecular weight is 326 g/mol. The largest absolute Gasteiger partial charge is 0.298 e. The van der Waals surface area contributed by atoms with Crippen LogP contribution in [-0.4, -0.2) is 23.2 Å². The first kappa shape index (κ1) is 14.5. The van der Waals surface area contributed by atoms with Gasteiger partial charge in [0.15, 0.2) is 0 Å². The fourth-order valence-corrected chi connectivity index (χ4v) is 3.74. The zero-order chi connectivity index (χ0) is 15.2. The predicted molar refractivity (Wildman–Crippen MR) is 80.0 cm³/mol. The highest BCUT2D eigenvalue weighted by Gasteiger charge is 2.44. The Balaban J connectivity index is 1.97. The van der Waals surface area contributed by atoms with Crippen molar-refractivity contribution >= 4 is 19.7 Å². The Kier molecular flexibility index (Phi) is 3.53. The molecule has 2 aromatic rings. The van der Waals surface area contributed by atoms with E-state index in [0.717, 1.165) is 6.42 Å². The van der Waals surface area contributed by atoms with E-state index >= 15 is 0 Å². The first-order chi connectivity index (χ1) is 9.89. The molecule has 3 rings (SSSR count). The quantitative estimate of drug-likeness (QED) is 0.810. The summed E-state index contributed by atoms with van der Waals surface area (Å²) >= 11 is 0. The lowest BCUT2D eigenvalue weighted by Crippen LogP contribution is -2.11. The van der Waals surface area contributed by atoms with Crippen LogP contribution < -0.4 is 0 Å². The highest BCUT2D eigenvalue weighted by Crippen LogP contribution is 2.54. The summed E-state index contributed by atoms with van der Waals surface area (Å²) in [5.74, 6) is 1.28.